The Labute approximate surface area is 99.3 Å². The normalized spacial score (nSPS) is 10.5. The number of aryl methyl sites for hydroxylation is 2. The number of nitrogens with one attached hydrogen (secondary N) is 1. The summed E-state index contributed by atoms with van der Waals surface area (Å²) in [6, 6.07) is 6.03. The topological polar surface area (TPSA) is 66.0 Å². The van der Waals surface area contributed by atoms with Crippen molar-refractivity contribution in [3.63, 3.8) is 0 Å². The molecule has 0 aliphatic carbocycles. The standard InChI is InChI=1S/C13H14N2O2/c1-8-3-4-10(5-9(8)2)13-11(6-12(16)17)7-14-15-13/h3-5,7H,6H2,1-2H3,(H,14,15)(H,16,17). The first-order valence-electron chi connectivity index (χ1n) is 5.39. The van der Waals surface area contributed by atoms with E-state index >= 15 is 0 Å². The highest BCUT2D eigenvalue weighted by Crippen LogP contribution is 2.23. The van der Waals surface area contributed by atoms with E-state index in [2.05, 4.69) is 10.2 Å². The van der Waals surface area contributed by atoms with Crippen molar-refractivity contribution in [1.82, 2.24) is 10.2 Å². The number of rotatable bonds is 3. The predicted octanol–water partition coefficient (Wildman–Crippen LogP) is 2.32. The van der Waals surface area contributed by atoms with E-state index in [-0.39, 0.29) is 6.42 Å². The molecule has 2 rings (SSSR count). The van der Waals surface area contributed by atoms with Crippen LogP contribution in [-0.4, -0.2) is 21.3 Å². The summed E-state index contributed by atoms with van der Waals surface area (Å²) in [4.78, 5) is 10.7. The fourth-order valence-corrected chi connectivity index (χ4v) is 1.75. The van der Waals surface area contributed by atoms with E-state index < -0.39 is 5.97 Å². The number of aromatic nitrogens is 2. The minimum atomic E-state index is -0.850. The van der Waals surface area contributed by atoms with Crippen LogP contribution in [0.4, 0.5) is 0 Å². The number of hydrogen-bond donors (Lipinski definition) is 2. The van der Waals surface area contributed by atoms with Gasteiger partial charge in [0.25, 0.3) is 0 Å². The van der Waals surface area contributed by atoms with Gasteiger partial charge in [0.05, 0.1) is 18.3 Å². The quantitative estimate of drug-likeness (QED) is 0.850. The fourth-order valence-electron chi connectivity index (χ4n) is 1.75. The summed E-state index contributed by atoms with van der Waals surface area (Å²) in [5.41, 5.74) is 4.87. The molecule has 0 spiro atoms. The number of carboxylic acids is 1. The first kappa shape index (κ1) is 11.4. The van der Waals surface area contributed by atoms with E-state index in [0.717, 1.165) is 11.3 Å². The van der Waals surface area contributed by atoms with E-state index in [1.807, 2.05) is 32.0 Å². The molecule has 0 aliphatic heterocycles. The number of nitrogens with zero attached hydrogens (tertiary/aromatic N) is 1. The van der Waals surface area contributed by atoms with Gasteiger partial charge in [-0.15, -0.1) is 0 Å². The second kappa shape index (κ2) is 4.41. The Bertz CT molecular complexity index is 558. The number of H-pyrrole nitrogens is 1. The van der Waals surface area contributed by atoms with E-state index in [4.69, 9.17) is 5.11 Å². The smallest absolute Gasteiger partial charge is 0.307 e. The zero-order chi connectivity index (χ0) is 12.4. The molecule has 0 atom stereocenters. The van der Waals surface area contributed by atoms with Crippen LogP contribution in [-0.2, 0) is 11.2 Å². The summed E-state index contributed by atoms with van der Waals surface area (Å²) in [5, 5.41) is 15.6. The molecule has 2 aromatic rings. The minimum Gasteiger partial charge on any atom is -0.481 e. The predicted molar refractivity (Wildman–Crippen MR) is 64.8 cm³/mol. The van der Waals surface area contributed by atoms with Gasteiger partial charge in [0.2, 0.25) is 0 Å². The zero-order valence-corrected chi connectivity index (χ0v) is 9.82. The van der Waals surface area contributed by atoms with Crippen molar-refractivity contribution in [3.8, 4) is 11.3 Å². The SMILES string of the molecule is Cc1ccc(-c2[nH]ncc2CC(=O)O)cc1C. The molecule has 0 radical (unpaired) electrons. The molecule has 2 N–H and O–H groups in total. The van der Waals surface area contributed by atoms with E-state index in [1.165, 1.54) is 11.1 Å². The average molecular weight is 230 g/mol. The summed E-state index contributed by atoms with van der Waals surface area (Å²) in [5.74, 6) is -0.850. The number of carbonyl (C=O) groups is 1. The van der Waals surface area contributed by atoms with Crippen molar-refractivity contribution in [2.75, 3.05) is 0 Å². The number of aliphatic carboxylic acids is 1. The Hall–Kier alpha value is -2.10. The highest BCUT2D eigenvalue weighted by atomic mass is 16.4. The van der Waals surface area contributed by atoms with Gasteiger partial charge in [0.1, 0.15) is 0 Å². The molecule has 1 aromatic heterocycles. The Morgan fingerprint density at radius 1 is 1.35 bits per heavy atom. The van der Waals surface area contributed by atoms with Crippen LogP contribution < -0.4 is 0 Å². The lowest BCUT2D eigenvalue weighted by molar-refractivity contribution is -0.136. The summed E-state index contributed by atoms with van der Waals surface area (Å²) < 4.78 is 0. The number of carboxylic acid groups (broad SMARTS) is 1. The third-order valence-electron chi connectivity index (χ3n) is 2.86. The van der Waals surface area contributed by atoms with Gasteiger partial charge in [-0.3, -0.25) is 9.89 Å². The number of hydrogen-bond acceptors (Lipinski definition) is 2. The lowest BCUT2D eigenvalue weighted by atomic mass is 10.0. The molecule has 1 heterocycles. The molecule has 0 fully saturated rings. The third kappa shape index (κ3) is 2.36. The van der Waals surface area contributed by atoms with E-state index in [0.29, 0.717) is 5.56 Å². The molecule has 1 aromatic carbocycles. The highest BCUT2D eigenvalue weighted by molar-refractivity contribution is 5.75. The Balaban J connectivity index is 2.42. The summed E-state index contributed by atoms with van der Waals surface area (Å²) >= 11 is 0. The molecule has 0 amide bonds. The summed E-state index contributed by atoms with van der Waals surface area (Å²) in [6.07, 6.45) is 1.55. The number of aromatic amines is 1. The maximum absolute atomic E-state index is 10.7. The molecule has 0 aliphatic rings. The molecule has 88 valence electrons. The van der Waals surface area contributed by atoms with Gasteiger partial charge in [0, 0.05) is 11.1 Å². The second-order valence-corrected chi connectivity index (χ2v) is 4.14. The zero-order valence-electron chi connectivity index (χ0n) is 9.82. The first-order valence-corrected chi connectivity index (χ1v) is 5.39. The Kier molecular flexibility index (Phi) is 2.95. The van der Waals surface area contributed by atoms with Gasteiger partial charge in [-0.05, 0) is 31.0 Å². The van der Waals surface area contributed by atoms with Crippen molar-refractivity contribution < 1.29 is 9.90 Å². The molecule has 0 bridgehead atoms. The van der Waals surface area contributed by atoms with Crippen molar-refractivity contribution in [2.45, 2.75) is 20.3 Å². The molecule has 4 heteroatoms. The summed E-state index contributed by atoms with van der Waals surface area (Å²) in [7, 11) is 0. The van der Waals surface area contributed by atoms with Crippen molar-refractivity contribution >= 4 is 5.97 Å². The first-order chi connectivity index (χ1) is 8.08. The van der Waals surface area contributed by atoms with Gasteiger partial charge in [-0.2, -0.15) is 5.10 Å². The lowest BCUT2D eigenvalue weighted by Gasteiger charge is -2.05. The second-order valence-electron chi connectivity index (χ2n) is 4.14. The van der Waals surface area contributed by atoms with Gasteiger partial charge in [0.15, 0.2) is 0 Å². The highest BCUT2D eigenvalue weighted by Gasteiger charge is 2.11. The third-order valence-corrected chi connectivity index (χ3v) is 2.86. The van der Waals surface area contributed by atoms with Gasteiger partial charge >= 0.3 is 5.97 Å². The molecular formula is C13H14N2O2. The van der Waals surface area contributed by atoms with Crippen LogP contribution >= 0.6 is 0 Å². The maximum atomic E-state index is 10.7. The largest absolute Gasteiger partial charge is 0.481 e. The van der Waals surface area contributed by atoms with Gasteiger partial charge < -0.3 is 5.11 Å². The fraction of sp³-hybridized carbons (Fsp3) is 0.231. The molecule has 4 nitrogen and oxygen atoms in total. The van der Waals surface area contributed by atoms with Crippen LogP contribution in [0.15, 0.2) is 24.4 Å². The number of benzene rings is 1. The summed E-state index contributed by atoms with van der Waals surface area (Å²) in [6.45, 7) is 4.08. The minimum absolute atomic E-state index is 0.0151. The van der Waals surface area contributed by atoms with E-state index in [1.54, 1.807) is 6.20 Å². The molecule has 0 saturated carbocycles. The van der Waals surface area contributed by atoms with Crippen LogP contribution in [0, 0.1) is 13.8 Å². The molecule has 0 unspecified atom stereocenters. The Morgan fingerprint density at radius 3 is 2.76 bits per heavy atom. The van der Waals surface area contributed by atoms with Crippen LogP contribution in [0.5, 0.6) is 0 Å². The van der Waals surface area contributed by atoms with E-state index in [9.17, 15) is 4.79 Å². The maximum Gasteiger partial charge on any atom is 0.307 e. The molecule has 17 heavy (non-hydrogen) atoms. The van der Waals surface area contributed by atoms with Crippen molar-refractivity contribution in [1.29, 1.82) is 0 Å². The van der Waals surface area contributed by atoms with Crippen LogP contribution in [0.1, 0.15) is 16.7 Å². The molecule has 0 saturated heterocycles. The monoisotopic (exact) mass is 230 g/mol. The Morgan fingerprint density at radius 2 is 2.12 bits per heavy atom. The lowest BCUT2D eigenvalue weighted by Crippen LogP contribution is -2.00. The average Bonchev–Trinajstić information content (AvgIpc) is 2.69. The van der Waals surface area contributed by atoms with Gasteiger partial charge in [-0.1, -0.05) is 12.1 Å². The van der Waals surface area contributed by atoms with Crippen LogP contribution in [0.2, 0.25) is 0 Å². The van der Waals surface area contributed by atoms with Crippen LogP contribution in [0.25, 0.3) is 11.3 Å². The van der Waals surface area contributed by atoms with Crippen LogP contribution in [0.3, 0.4) is 0 Å². The van der Waals surface area contributed by atoms with Crippen molar-refractivity contribution in [3.05, 3.63) is 41.1 Å². The van der Waals surface area contributed by atoms with Gasteiger partial charge in [-0.25, -0.2) is 0 Å². The van der Waals surface area contributed by atoms with Crippen molar-refractivity contribution in [2.24, 2.45) is 0 Å². The molecular weight excluding hydrogens is 216 g/mol.